The van der Waals surface area contributed by atoms with Crippen LogP contribution in [0, 0.1) is 0 Å². The largest absolute Gasteiger partial charge is 0.478 e. The highest BCUT2D eigenvalue weighted by molar-refractivity contribution is 5.89. The molecule has 0 atom stereocenters. The first-order valence-corrected chi connectivity index (χ1v) is 7.66. The van der Waals surface area contributed by atoms with Gasteiger partial charge in [0.1, 0.15) is 0 Å². The minimum atomic E-state index is -0.802. The number of carboxylic acid groups (broad SMARTS) is 1. The van der Waals surface area contributed by atoms with Crippen LogP contribution in [0.4, 0.5) is 0 Å². The van der Waals surface area contributed by atoms with Gasteiger partial charge in [-0.25, -0.2) is 4.79 Å². The lowest BCUT2D eigenvalue weighted by atomic mass is 9.92. The zero-order valence-electron chi connectivity index (χ0n) is 12.1. The Balaban J connectivity index is 1.91. The van der Waals surface area contributed by atoms with E-state index < -0.39 is 5.97 Å². The van der Waals surface area contributed by atoms with Gasteiger partial charge in [-0.1, -0.05) is 36.4 Å². The van der Waals surface area contributed by atoms with E-state index in [2.05, 4.69) is 30.3 Å². The molecule has 2 heteroatoms. The van der Waals surface area contributed by atoms with E-state index >= 15 is 0 Å². The van der Waals surface area contributed by atoms with Gasteiger partial charge in [-0.2, -0.15) is 0 Å². The van der Waals surface area contributed by atoms with Crippen molar-refractivity contribution in [3.8, 4) is 0 Å². The van der Waals surface area contributed by atoms with E-state index in [1.165, 1.54) is 11.1 Å². The van der Waals surface area contributed by atoms with Gasteiger partial charge in [0.2, 0.25) is 0 Å². The van der Waals surface area contributed by atoms with Crippen LogP contribution >= 0.6 is 0 Å². The van der Waals surface area contributed by atoms with Crippen molar-refractivity contribution in [3.05, 3.63) is 70.3 Å². The molecule has 0 aliphatic heterocycles. The second-order valence-electron chi connectivity index (χ2n) is 5.77. The predicted octanol–water partition coefficient (Wildman–Crippen LogP) is 4.05. The van der Waals surface area contributed by atoms with Crippen LogP contribution in [0.1, 0.15) is 45.5 Å². The highest BCUT2D eigenvalue weighted by atomic mass is 16.4. The number of fused-ring (bicyclic) bond motifs is 6. The molecule has 0 saturated carbocycles. The minimum Gasteiger partial charge on any atom is -0.478 e. The SMILES string of the molecule is O=C(O)c1cc2ccc1CCCc1ccccc1CCC2. The summed E-state index contributed by atoms with van der Waals surface area (Å²) < 4.78 is 0. The van der Waals surface area contributed by atoms with Gasteiger partial charge >= 0.3 is 5.97 Å². The summed E-state index contributed by atoms with van der Waals surface area (Å²) in [6, 6.07) is 14.6. The Morgan fingerprint density at radius 3 is 2.10 bits per heavy atom. The molecule has 21 heavy (non-hydrogen) atoms. The van der Waals surface area contributed by atoms with Crippen molar-refractivity contribution in [1.82, 2.24) is 0 Å². The molecule has 0 spiro atoms. The lowest BCUT2D eigenvalue weighted by Gasteiger charge is -2.14. The van der Waals surface area contributed by atoms with Gasteiger partial charge in [0, 0.05) is 0 Å². The first kappa shape index (κ1) is 13.9. The van der Waals surface area contributed by atoms with Crippen LogP contribution in [0.3, 0.4) is 0 Å². The van der Waals surface area contributed by atoms with Gasteiger partial charge < -0.3 is 5.11 Å². The van der Waals surface area contributed by atoms with Crippen molar-refractivity contribution < 1.29 is 9.90 Å². The molecular weight excluding hydrogens is 260 g/mol. The van der Waals surface area contributed by atoms with Crippen molar-refractivity contribution in [3.63, 3.8) is 0 Å². The Hall–Kier alpha value is -2.09. The van der Waals surface area contributed by atoms with E-state index in [1.807, 2.05) is 12.1 Å². The zero-order valence-corrected chi connectivity index (χ0v) is 12.1. The lowest BCUT2D eigenvalue weighted by molar-refractivity contribution is 0.0695. The van der Waals surface area contributed by atoms with Crippen LogP contribution in [0.5, 0.6) is 0 Å². The number of hydrogen-bond acceptors (Lipinski definition) is 1. The van der Waals surface area contributed by atoms with Crippen molar-refractivity contribution in [2.45, 2.75) is 38.5 Å². The summed E-state index contributed by atoms with van der Waals surface area (Å²) in [4.78, 5) is 11.4. The maximum absolute atomic E-state index is 11.4. The molecule has 2 nitrogen and oxygen atoms in total. The number of aryl methyl sites for hydroxylation is 4. The fraction of sp³-hybridized carbons (Fsp3) is 0.316. The molecule has 4 rings (SSSR count). The fourth-order valence-corrected chi connectivity index (χ4v) is 3.19. The van der Waals surface area contributed by atoms with E-state index in [0.717, 1.165) is 49.7 Å². The third-order valence-electron chi connectivity index (χ3n) is 4.33. The van der Waals surface area contributed by atoms with Crippen LogP contribution in [0.25, 0.3) is 0 Å². The molecule has 0 unspecified atom stereocenters. The predicted molar refractivity (Wildman–Crippen MR) is 83.9 cm³/mol. The molecule has 0 aromatic heterocycles. The average Bonchev–Trinajstić information content (AvgIpc) is 2.47. The Morgan fingerprint density at radius 1 is 0.810 bits per heavy atom. The summed E-state index contributed by atoms with van der Waals surface area (Å²) in [6.07, 6.45) is 5.93. The Kier molecular flexibility index (Phi) is 4.05. The van der Waals surface area contributed by atoms with Gasteiger partial charge in [0.05, 0.1) is 5.56 Å². The van der Waals surface area contributed by atoms with Crippen molar-refractivity contribution >= 4 is 5.97 Å². The van der Waals surface area contributed by atoms with Crippen LogP contribution < -0.4 is 0 Å². The highest BCUT2D eigenvalue weighted by Gasteiger charge is 2.12. The molecule has 0 amide bonds. The Morgan fingerprint density at radius 2 is 1.43 bits per heavy atom. The molecule has 0 heterocycles. The van der Waals surface area contributed by atoms with E-state index in [1.54, 1.807) is 0 Å². The van der Waals surface area contributed by atoms with Crippen molar-refractivity contribution in [2.75, 3.05) is 0 Å². The topological polar surface area (TPSA) is 37.3 Å². The second kappa shape index (κ2) is 6.13. The van der Waals surface area contributed by atoms with E-state index in [9.17, 15) is 9.90 Å². The third kappa shape index (κ3) is 3.15. The summed E-state index contributed by atoms with van der Waals surface area (Å²) in [6.45, 7) is 0. The van der Waals surface area contributed by atoms with Gasteiger partial charge in [-0.3, -0.25) is 0 Å². The quantitative estimate of drug-likeness (QED) is 0.855. The first-order valence-electron chi connectivity index (χ1n) is 7.66. The van der Waals surface area contributed by atoms with Crippen LogP contribution in [-0.4, -0.2) is 11.1 Å². The molecule has 2 aromatic rings. The average molecular weight is 280 g/mol. The number of carbonyl (C=O) groups is 1. The molecule has 2 aliphatic rings. The number of carboxylic acids is 1. The Bertz CT molecular complexity index is 658. The van der Waals surface area contributed by atoms with Crippen LogP contribution in [0.2, 0.25) is 0 Å². The summed E-state index contributed by atoms with van der Waals surface area (Å²) >= 11 is 0. The lowest BCUT2D eigenvalue weighted by Crippen LogP contribution is -2.06. The van der Waals surface area contributed by atoms with Gasteiger partial charge in [-0.05, 0) is 66.8 Å². The van der Waals surface area contributed by atoms with Crippen LogP contribution in [-0.2, 0) is 25.7 Å². The van der Waals surface area contributed by atoms with E-state index in [-0.39, 0.29) is 0 Å². The summed E-state index contributed by atoms with van der Waals surface area (Å²) in [5.41, 5.74) is 5.45. The maximum Gasteiger partial charge on any atom is 0.335 e. The minimum absolute atomic E-state index is 0.487. The zero-order chi connectivity index (χ0) is 14.7. The summed E-state index contributed by atoms with van der Waals surface area (Å²) in [7, 11) is 0. The standard InChI is InChI=1S/C19H20O2/c20-19(21)18-13-14-5-3-8-15-6-1-2-7-16(15)9-4-10-17(18)12-11-14/h1-2,6-7,11-13H,3-5,8-10H2,(H,20,21). The third-order valence-corrected chi connectivity index (χ3v) is 4.33. The molecule has 2 aromatic carbocycles. The highest BCUT2D eigenvalue weighted by Crippen LogP contribution is 2.21. The fourth-order valence-electron chi connectivity index (χ4n) is 3.19. The number of benzene rings is 2. The molecular formula is C19H20O2. The molecule has 0 radical (unpaired) electrons. The molecule has 0 saturated heterocycles. The van der Waals surface area contributed by atoms with E-state index in [4.69, 9.17) is 0 Å². The number of aromatic carboxylic acids is 1. The second-order valence-corrected chi connectivity index (χ2v) is 5.77. The smallest absolute Gasteiger partial charge is 0.335 e. The van der Waals surface area contributed by atoms with Crippen molar-refractivity contribution in [1.29, 1.82) is 0 Å². The van der Waals surface area contributed by atoms with Gasteiger partial charge in [0.15, 0.2) is 0 Å². The molecule has 2 aliphatic carbocycles. The van der Waals surface area contributed by atoms with E-state index in [0.29, 0.717) is 5.56 Å². The molecule has 2 bridgehead atoms. The van der Waals surface area contributed by atoms with Gasteiger partial charge in [-0.15, -0.1) is 0 Å². The maximum atomic E-state index is 11.4. The summed E-state index contributed by atoms with van der Waals surface area (Å²) in [5, 5.41) is 9.39. The van der Waals surface area contributed by atoms with Crippen LogP contribution in [0.15, 0.2) is 42.5 Å². The Labute approximate surface area is 125 Å². The molecule has 108 valence electrons. The number of hydrogen-bond donors (Lipinski definition) is 1. The number of rotatable bonds is 1. The normalized spacial score (nSPS) is 14.9. The molecule has 0 fully saturated rings. The monoisotopic (exact) mass is 280 g/mol. The summed E-state index contributed by atoms with van der Waals surface area (Å²) in [5.74, 6) is -0.802. The van der Waals surface area contributed by atoms with Gasteiger partial charge in [0.25, 0.3) is 0 Å². The molecule has 1 N–H and O–H groups in total. The van der Waals surface area contributed by atoms with Crippen molar-refractivity contribution in [2.24, 2.45) is 0 Å². The first-order chi connectivity index (χ1) is 10.2.